The Balaban J connectivity index is 1.58. The van der Waals surface area contributed by atoms with Crippen molar-refractivity contribution in [3.05, 3.63) is 35.5 Å². The number of fused-ring (bicyclic) bond motifs is 1. The van der Waals surface area contributed by atoms with Crippen LogP contribution in [0.4, 0.5) is 4.39 Å². The molecule has 0 radical (unpaired) electrons. The van der Waals surface area contributed by atoms with Gasteiger partial charge in [-0.2, -0.15) is 4.39 Å². The summed E-state index contributed by atoms with van der Waals surface area (Å²) in [6, 6.07) is 4.81. The third kappa shape index (κ3) is 3.29. The summed E-state index contributed by atoms with van der Waals surface area (Å²) < 4.78 is 21.7. The van der Waals surface area contributed by atoms with Crippen LogP contribution in [0.5, 0.6) is 0 Å². The fourth-order valence-corrected chi connectivity index (χ4v) is 3.87. The first-order valence-corrected chi connectivity index (χ1v) is 9.36. The van der Waals surface area contributed by atoms with Crippen LogP contribution in [0.15, 0.2) is 18.2 Å². The van der Waals surface area contributed by atoms with Gasteiger partial charge < -0.3 is 14.5 Å². The molecular formula is C19H23FN4O3. The van der Waals surface area contributed by atoms with E-state index in [0.717, 1.165) is 25.9 Å². The fourth-order valence-electron chi connectivity index (χ4n) is 3.87. The van der Waals surface area contributed by atoms with Crippen LogP contribution in [0.3, 0.4) is 0 Å². The Bertz CT molecular complexity index is 875. The molecular weight excluding hydrogens is 351 g/mol. The van der Waals surface area contributed by atoms with Gasteiger partial charge in [0.1, 0.15) is 5.65 Å². The predicted octanol–water partition coefficient (Wildman–Crippen LogP) is 1.64. The zero-order valence-corrected chi connectivity index (χ0v) is 15.4. The molecule has 0 bridgehead atoms. The molecule has 2 saturated heterocycles. The summed E-state index contributed by atoms with van der Waals surface area (Å²) in [5.41, 5.74) is 0.859. The average molecular weight is 374 g/mol. The second-order valence-corrected chi connectivity index (χ2v) is 7.13. The van der Waals surface area contributed by atoms with Crippen molar-refractivity contribution in [2.45, 2.75) is 32.2 Å². The van der Waals surface area contributed by atoms with Gasteiger partial charge in [-0.15, -0.1) is 0 Å². The van der Waals surface area contributed by atoms with Crippen LogP contribution in [0.1, 0.15) is 35.4 Å². The molecule has 144 valence electrons. The van der Waals surface area contributed by atoms with Crippen LogP contribution in [0.25, 0.3) is 5.65 Å². The first-order valence-electron chi connectivity index (χ1n) is 9.36. The maximum Gasteiger partial charge on any atom is 0.277 e. The highest BCUT2D eigenvalue weighted by atomic mass is 19.1. The first kappa shape index (κ1) is 17.9. The number of rotatable bonds is 3. The van der Waals surface area contributed by atoms with Crippen LogP contribution in [0.2, 0.25) is 0 Å². The number of imidazole rings is 1. The molecule has 0 spiro atoms. The Morgan fingerprint density at radius 1 is 1.26 bits per heavy atom. The van der Waals surface area contributed by atoms with E-state index in [1.165, 1.54) is 9.30 Å². The zero-order chi connectivity index (χ0) is 19.0. The van der Waals surface area contributed by atoms with Gasteiger partial charge in [0.05, 0.1) is 19.3 Å². The minimum atomic E-state index is -0.663. The van der Waals surface area contributed by atoms with E-state index in [4.69, 9.17) is 4.74 Å². The monoisotopic (exact) mass is 374 g/mol. The molecule has 2 fully saturated rings. The Morgan fingerprint density at radius 3 is 2.78 bits per heavy atom. The number of morpholine rings is 1. The van der Waals surface area contributed by atoms with Crippen molar-refractivity contribution in [3.63, 3.8) is 0 Å². The summed E-state index contributed by atoms with van der Waals surface area (Å²) in [4.78, 5) is 33.1. The summed E-state index contributed by atoms with van der Waals surface area (Å²) in [5.74, 6) is -1.13. The maximum atomic E-state index is 14.9. The van der Waals surface area contributed by atoms with Crippen molar-refractivity contribution >= 4 is 17.5 Å². The number of aryl methyl sites for hydroxylation is 1. The summed E-state index contributed by atoms with van der Waals surface area (Å²) in [7, 11) is 0. The van der Waals surface area contributed by atoms with Crippen LogP contribution < -0.4 is 0 Å². The Kier molecular flexibility index (Phi) is 4.82. The standard InChI is InChI=1S/C19H23FN4O3/c1-13-5-4-6-15-21-17(18(20)24(13)15)19(26)23-9-10-27-12-14(23)11-16(25)22-7-2-3-8-22/h4-6,14H,2-3,7-12H2,1H3/t14-/m0/s1. The lowest BCUT2D eigenvalue weighted by atomic mass is 10.1. The highest BCUT2D eigenvalue weighted by Crippen LogP contribution is 2.20. The number of carbonyl (C=O) groups excluding carboxylic acids is 2. The quantitative estimate of drug-likeness (QED) is 0.819. The van der Waals surface area contributed by atoms with E-state index in [-0.39, 0.29) is 24.6 Å². The smallest absolute Gasteiger partial charge is 0.277 e. The number of nitrogens with zero attached hydrogens (tertiary/aromatic N) is 4. The van der Waals surface area contributed by atoms with Gasteiger partial charge in [-0.3, -0.25) is 14.0 Å². The van der Waals surface area contributed by atoms with E-state index in [9.17, 15) is 14.0 Å². The van der Waals surface area contributed by atoms with Gasteiger partial charge in [-0.1, -0.05) is 6.07 Å². The van der Waals surface area contributed by atoms with Gasteiger partial charge in [0.15, 0.2) is 5.69 Å². The lowest BCUT2D eigenvalue weighted by molar-refractivity contribution is -0.132. The van der Waals surface area contributed by atoms with Gasteiger partial charge in [-0.05, 0) is 31.9 Å². The molecule has 2 aromatic rings. The summed E-state index contributed by atoms with van der Waals surface area (Å²) in [6.07, 6.45) is 2.22. The molecule has 4 heterocycles. The number of aromatic nitrogens is 2. The third-order valence-electron chi connectivity index (χ3n) is 5.34. The van der Waals surface area contributed by atoms with Crippen molar-refractivity contribution in [2.24, 2.45) is 0 Å². The van der Waals surface area contributed by atoms with Gasteiger partial charge in [-0.25, -0.2) is 4.98 Å². The van der Waals surface area contributed by atoms with E-state index in [1.807, 2.05) is 4.90 Å². The maximum absolute atomic E-state index is 14.9. The summed E-state index contributed by atoms with van der Waals surface area (Å²) in [6.45, 7) is 4.26. The molecule has 0 saturated carbocycles. The van der Waals surface area contributed by atoms with Crippen molar-refractivity contribution in [3.8, 4) is 0 Å². The normalized spacial score (nSPS) is 20.4. The van der Waals surface area contributed by atoms with E-state index < -0.39 is 17.9 Å². The lowest BCUT2D eigenvalue weighted by Crippen LogP contribution is -2.51. The van der Waals surface area contributed by atoms with E-state index in [0.29, 0.717) is 24.5 Å². The van der Waals surface area contributed by atoms with Crippen molar-refractivity contribution in [2.75, 3.05) is 32.8 Å². The summed E-state index contributed by atoms with van der Waals surface area (Å²) in [5, 5.41) is 0. The molecule has 7 nitrogen and oxygen atoms in total. The average Bonchev–Trinajstić information content (AvgIpc) is 3.31. The molecule has 27 heavy (non-hydrogen) atoms. The number of carbonyl (C=O) groups is 2. The largest absolute Gasteiger partial charge is 0.377 e. The van der Waals surface area contributed by atoms with Crippen molar-refractivity contribution in [1.82, 2.24) is 19.2 Å². The molecule has 0 unspecified atom stereocenters. The minimum absolute atomic E-state index is 0.0205. The van der Waals surface area contributed by atoms with Gasteiger partial charge in [0.25, 0.3) is 5.91 Å². The number of amides is 2. The molecule has 2 aliphatic rings. The SMILES string of the molecule is Cc1cccc2nc(C(=O)N3CCOC[C@@H]3CC(=O)N3CCCC3)c(F)n12. The number of likely N-dealkylation sites (tertiary alicyclic amines) is 1. The van der Waals surface area contributed by atoms with E-state index in [2.05, 4.69) is 4.98 Å². The predicted molar refractivity (Wildman–Crippen MR) is 96.0 cm³/mol. The summed E-state index contributed by atoms with van der Waals surface area (Å²) >= 11 is 0. The van der Waals surface area contributed by atoms with Gasteiger partial charge >= 0.3 is 0 Å². The zero-order valence-electron chi connectivity index (χ0n) is 15.4. The molecule has 8 heteroatoms. The molecule has 1 atom stereocenters. The first-order chi connectivity index (χ1) is 13.1. The second-order valence-electron chi connectivity index (χ2n) is 7.13. The van der Waals surface area contributed by atoms with E-state index >= 15 is 0 Å². The lowest BCUT2D eigenvalue weighted by Gasteiger charge is -2.35. The number of ether oxygens (including phenoxy) is 1. The number of pyridine rings is 1. The fraction of sp³-hybridized carbons (Fsp3) is 0.526. The van der Waals surface area contributed by atoms with Gasteiger partial charge in [0, 0.05) is 31.7 Å². The molecule has 0 aliphatic carbocycles. The van der Waals surface area contributed by atoms with Crippen LogP contribution in [0, 0.1) is 12.9 Å². The minimum Gasteiger partial charge on any atom is -0.377 e. The van der Waals surface area contributed by atoms with Crippen LogP contribution >= 0.6 is 0 Å². The van der Waals surface area contributed by atoms with Gasteiger partial charge in [0.2, 0.25) is 11.9 Å². The molecule has 0 aromatic carbocycles. The topological polar surface area (TPSA) is 67.2 Å². The number of halogens is 1. The van der Waals surface area contributed by atoms with Crippen molar-refractivity contribution in [1.29, 1.82) is 0 Å². The van der Waals surface area contributed by atoms with Crippen LogP contribution in [-0.4, -0.2) is 69.9 Å². The Hall–Kier alpha value is -2.48. The second kappa shape index (κ2) is 7.26. The molecule has 4 rings (SSSR count). The highest BCUT2D eigenvalue weighted by Gasteiger charge is 2.34. The Morgan fingerprint density at radius 2 is 2.04 bits per heavy atom. The number of hydrogen-bond acceptors (Lipinski definition) is 4. The third-order valence-corrected chi connectivity index (χ3v) is 5.34. The van der Waals surface area contributed by atoms with Crippen LogP contribution in [-0.2, 0) is 9.53 Å². The number of hydrogen-bond donors (Lipinski definition) is 0. The molecule has 2 aliphatic heterocycles. The van der Waals surface area contributed by atoms with Crippen molar-refractivity contribution < 1.29 is 18.7 Å². The molecule has 2 amide bonds. The van der Waals surface area contributed by atoms with E-state index in [1.54, 1.807) is 25.1 Å². The Labute approximate surface area is 156 Å². The molecule has 0 N–H and O–H groups in total. The highest BCUT2D eigenvalue weighted by molar-refractivity contribution is 5.94. The molecule has 2 aromatic heterocycles.